The van der Waals surface area contributed by atoms with Gasteiger partial charge in [0.05, 0.1) is 13.2 Å². The SMILES string of the molecule is CCCCCOC(=O)CCCCCCCCCCCCCCCC(CC(=O)OCCCCC)C(C)C. The Balaban J connectivity index is 3.46. The molecule has 0 rings (SSSR count). The summed E-state index contributed by atoms with van der Waals surface area (Å²) in [5, 5.41) is 0. The molecule has 0 saturated heterocycles. The number of hydrogen-bond acceptors (Lipinski definition) is 4. The second kappa shape index (κ2) is 27.0. The van der Waals surface area contributed by atoms with Gasteiger partial charge in [0.15, 0.2) is 0 Å². The van der Waals surface area contributed by atoms with Crippen LogP contribution in [0.15, 0.2) is 0 Å². The molecule has 4 nitrogen and oxygen atoms in total. The van der Waals surface area contributed by atoms with Crippen LogP contribution in [0.5, 0.6) is 0 Å². The summed E-state index contributed by atoms with van der Waals surface area (Å²) in [7, 11) is 0. The molecule has 0 aromatic rings. The highest BCUT2D eigenvalue weighted by Crippen LogP contribution is 2.23. The van der Waals surface area contributed by atoms with Gasteiger partial charge in [0.25, 0.3) is 0 Å². The van der Waals surface area contributed by atoms with E-state index in [0.29, 0.717) is 37.9 Å². The van der Waals surface area contributed by atoms with Crippen molar-refractivity contribution in [1.82, 2.24) is 0 Å². The van der Waals surface area contributed by atoms with Gasteiger partial charge in [-0.3, -0.25) is 9.59 Å². The van der Waals surface area contributed by atoms with E-state index in [1.807, 2.05) is 0 Å². The summed E-state index contributed by atoms with van der Waals surface area (Å²) < 4.78 is 10.7. The van der Waals surface area contributed by atoms with Crippen LogP contribution in [0.3, 0.4) is 0 Å². The summed E-state index contributed by atoms with van der Waals surface area (Å²) in [5.74, 6) is 1.00. The monoisotopic (exact) mass is 510 g/mol. The van der Waals surface area contributed by atoms with E-state index in [4.69, 9.17) is 9.47 Å². The van der Waals surface area contributed by atoms with Crippen LogP contribution in [-0.2, 0) is 19.1 Å². The molecule has 0 aliphatic carbocycles. The fourth-order valence-electron chi connectivity index (χ4n) is 4.71. The van der Waals surface area contributed by atoms with Gasteiger partial charge in [0.2, 0.25) is 0 Å². The third-order valence-electron chi connectivity index (χ3n) is 7.35. The van der Waals surface area contributed by atoms with E-state index in [-0.39, 0.29) is 11.9 Å². The Morgan fingerprint density at radius 3 is 1.39 bits per heavy atom. The van der Waals surface area contributed by atoms with E-state index >= 15 is 0 Å². The smallest absolute Gasteiger partial charge is 0.306 e. The minimum Gasteiger partial charge on any atom is -0.466 e. The zero-order chi connectivity index (χ0) is 26.7. The molecule has 0 spiro atoms. The van der Waals surface area contributed by atoms with Gasteiger partial charge in [0.1, 0.15) is 0 Å². The highest BCUT2D eigenvalue weighted by atomic mass is 16.5. The molecule has 0 bridgehead atoms. The first-order chi connectivity index (χ1) is 17.5. The van der Waals surface area contributed by atoms with Crippen LogP contribution in [-0.4, -0.2) is 25.2 Å². The highest BCUT2D eigenvalue weighted by Gasteiger charge is 2.18. The fraction of sp³-hybridized carbons (Fsp3) is 0.938. The summed E-state index contributed by atoms with van der Waals surface area (Å²) in [6.07, 6.45) is 25.6. The largest absolute Gasteiger partial charge is 0.466 e. The molecule has 0 fully saturated rings. The van der Waals surface area contributed by atoms with Gasteiger partial charge in [-0.25, -0.2) is 0 Å². The van der Waals surface area contributed by atoms with Crippen LogP contribution < -0.4 is 0 Å². The van der Waals surface area contributed by atoms with E-state index in [1.165, 1.54) is 70.6 Å². The van der Waals surface area contributed by atoms with Crippen molar-refractivity contribution in [2.24, 2.45) is 11.8 Å². The molecule has 0 aliphatic rings. The lowest BCUT2D eigenvalue weighted by Crippen LogP contribution is -2.17. The van der Waals surface area contributed by atoms with Crippen LogP contribution >= 0.6 is 0 Å². The Morgan fingerprint density at radius 2 is 0.944 bits per heavy atom. The second-order valence-corrected chi connectivity index (χ2v) is 11.2. The fourth-order valence-corrected chi connectivity index (χ4v) is 4.71. The number of unbranched alkanes of at least 4 members (excludes halogenated alkanes) is 16. The molecule has 0 aromatic carbocycles. The van der Waals surface area contributed by atoms with Crippen molar-refractivity contribution in [1.29, 1.82) is 0 Å². The Hall–Kier alpha value is -1.06. The van der Waals surface area contributed by atoms with Crippen LogP contribution in [0.25, 0.3) is 0 Å². The van der Waals surface area contributed by atoms with E-state index in [0.717, 1.165) is 57.8 Å². The molecule has 214 valence electrons. The van der Waals surface area contributed by atoms with E-state index in [2.05, 4.69) is 27.7 Å². The third-order valence-corrected chi connectivity index (χ3v) is 7.35. The molecule has 0 saturated carbocycles. The Bertz CT molecular complexity index is 489. The first-order valence-corrected chi connectivity index (χ1v) is 15.8. The molecular weight excluding hydrogens is 448 g/mol. The molecule has 0 aliphatic heterocycles. The van der Waals surface area contributed by atoms with Gasteiger partial charge < -0.3 is 9.47 Å². The van der Waals surface area contributed by atoms with Crippen molar-refractivity contribution in [3.63, 3.8) is 0 Å². The quantitative estimate of drug-likeness (QED) is 0.0814. The molecule has 1 unspecified atom stereocenters. The lowest BCUT2D eigenvalue weighted by molar-refractivity contribution is -0.145. The Morgan fingerprint density at radius 1 is 0.528 bits per heavy atom. The minimum absolute atomic E-state index is 0.00247. The van der Waals surface area contributed by atoms with Gasteiger partial charge in [-0.15, -0.1) is 0 Å². The van der Waals surface area contributed by atoms with E-state index in [9.17, 15) is 9.59 Å². The van der Waals surface area contributed by atoms with Crippen LogP contribution in [0.4, 0.5) is 0 Å². The maximum atomic E-state index is 12.1. The molecule has 0 amide bonds. The maximum absolute atomic E-state index is 12.1. The third kappa shape index (κ3) is 24.6. The summed E-state index contributed by atoms with van der Waals surface area (Å²) in [4.78, 5) is 23.7. The lowest BCUT2D eigenvalue weighted by Gasteiger charge is -2.20. The topological polar surface area (TPSA) is 52.6 Å². The Kier molecular flexibility index (Phi) is 26.2. The standard InChI is InChI=1S/C32H62O4/c1-5-7-22-26-35-31(33)25-21-19-17-15-13-11-9-10-12-14-16-18-20-24-30(29(3)4)28-32(34)36-27-23-8-6-2/h29-30H,5-28H2,1-4H3. The molecule has 0 aromatic heterocycles. The van der Waals surface area contributed by atoms with E-state index in [1.54, 1.807) is 0 Å². The van der Waals surface area contributed by atoms with Gasteiger partial charge in [-0.1, -0.05) is 130 Å². The summed E-state index contributed by atoms with van der Waals surface area (Å²) in [6, 6.07) is 0. The average molecular weight is 511 g/mol. The molecule has 0 N–H and O–H groups in total. The lowest BCUT2D eigenvalue weighted by atomic mass is 9.87. The molecule has 0 radical (unpaired) electrons. The second-order valence-electron chi connectivity index (χ2n) is 11.2. The first kappa shape index (κ1) is 34.9. The van der Waals surface area contributed by atoms with Gasteiger partial charge in [0, 0.05) is 12.8 Å². The van der Waals surface area contributed by atoms with Crippen LogP contribution in [0.1, 0.15) is 169 Å². The van der Waals surface area contributed by atoms with Crippen LogP contribution in [0, 0.1) is 11.8 Å². The van der Waals surface area contributed by atoms with Gasteiger partial charge >= 0.3 is 11.9 Å². The van der Waals surface area contributed by atoms with Crippen molar-refractivity contribution in [2.45, 2.75) is 169 Å². The first-order valence-electron chi connectivity index (χ1n) is 15.8. The van der Waals surface area contributed by atoms with Gasteiger partial charge in [-0.2, -0.15) is 0 Å². The number of hydrogen-bond donors (Lipinski definition) is 0. The maximum Gasteiger partial charge on any atom is 0.306 e. The van der Waals surface area contributed by atoms with Crippen molar-refractivity contribution < 1.29 is 19.1 Å². The van der Waals surface area contributed by atoms with Crippen molar-refractivity contribution in [3.05, 3.63) is 0 Å². The molecule has 36 heavy (non-hydrogen) atoms. The molecule has 4 heteroatoms. The summed E-state index contributed by atoms with van der Waals surface area (Å²) >= 11 is 0. The Labute approximate surface area is 225 Å². The van der Waals surface area contributed by atoms with Gasteiger partial charge in [-0.05, 0) is 37.5 Å². The summed E-state index contributed by atoms with van der Waals surface area (Å²) in [5.41, 5.74) is 0. The zero-order valence-corrected chi connectivity index (χ0v) is 24.8. The van der Waals surface area contributed by atoms with Crippen molar-refractivity contribution >= 4 is 11.9 Å². The highest BCUT2D eigenvalue weighted by molar-refractivity contribution is 5.69. The number of carbonyl (C=O) groups is 2. The predicted molar refractivity (Wildman–Crippen MR) is 153 cm³/mol. The van der Waals surface area contributed by atoms with Crippen molar-refractivity contribution in [3.8, 4) is 0 Å². The van der Waals surface area contributed by atoms with E-state index < -0.39 is 0 Å². The van der Waals surface area contributed by atoms with Crippen molar-refractivity contribution in [2.75, 3.05) is 13.2 Å². The molecule has 1 atom stereocenters. The number of carbonyl (C=O) groups excluding carboxylic acids is 2. The number of rotatable bonds is 27. The van der Waals surface area contributed by atoms with Crippen LogP contribution in [0.2, 0.25) is 0 Å². The normalized spacial score (nSPS) is 12.1. The summed E-state index contributed by atoms with van der Waals surface area (Å²) in [6.45, 7) is 9.99. The minimum atomic E-state index is -0.0105. The molecule has 0 heterocycles. The number of ether oxygens (including phenoxy) is 2. The average Bonchev–Trinajstić information content (AvgIpc) is 2.86. The molecular formula is C32H62O4. The zero-order valence-electron chi connectivity index (χ0n) is 24.8. The number of esters is 2. The predicted octanol–water partition coefficient (Wildman–Crippen LogP) is 9.97.